The quantitative estimate of drug-likeness (QED) is 0.569. The molecular formula is C23H25N5O4S. The van der Waals surface area contributed by atoms with Crippen LogP contribution in [0.1, 0.15) is 6.92 Å². The number of sulfonamides is 1. The Morgan fingerprint density at radius 3 is 2.33 bits per heavy atom. The summed E-state index contributed by atoms with van der Waals surface area (Å²) in [5.74, 6) is 0.831. The molecule has 3 aromatic rings. The Labute approximate surface area is 193 Å². The van der Waals surface area contributed by atoms with Gasteiger partial charge >= 0.3 is 0 Å². The van der Waals surface area contributed by atoms with Crippen LogP contribution in [-0.4, -0.2) is 61.5 Å². The van der Waals surface area contributed by atoms with E-state index < -0.39 is 16.1 Å². The number of nitrogens with zero attached hydrogens (tertiary/aromatic N) is 4. The van der Waals surface area contributed by atoms with Crippen molar-refractivity contribution in [2.75, 3.05) is 35.8 Å². The Morgan fingerprint density at radius 1 is 1.00 bits per heavy atom. The highest BCUT2D eigenvalue weighted by molar-refractivity contribution is 7.92. The Balaban J connectivity index is 1.33. The van der Waals surface area contributed by atoms with Crippen LogP contribution in [0.4, 0.5) is 11.5 Å². The number of amides is 1. The maximum absolute atomic E-state index is 12.8. The molecule has 0 spiro atoms. The maximum atomic E-state index is 12.8. The number of anilines is 2. The topological polar surface area (TPSA) is 105 Å². The molecule has 1 aliphatic heterocycles. The lowest BCUT2D eigenvalue weighted by atomic mass is 10.2. The molecule has 10 heteroatoms. The van der Waals surface area contributed by atoms with Gasteiger partial charge in [0.05, 0.1) is 4.90 Å². The minimum absolute atomic E-state index is 0.0456. The van der Waals surface area contributed by atoms with Gasteiger partial charge in [-0.25, -0.2) is 18.4 Å². The zero-order chi connectivity index (χ0) is 23.3. The second-order valence-corrected chi connectivity index (χ2v) is 9.26. The lowest BCUT2D eigenvalue weighted by Gasteiger charge is -2.37. The molecule has 1 unspecified atom stereocenters. The third kappa shape index (κ3) is 5.58. The van der Waals surface area contributed by atoms with Crippen LogP contribution < -0.4 is 14.4 Å². The van der Waals surface area contributed by atoms with Crippen molar-refractivity contribution in [2.24, 2.45) is 0 Å². The molecule has 1 amide bonds. The van der Waals surface area contributed by atoms with Gasteiger partial charge in [0.15, 0.2) is 6.10 Å². The zero-order valence-electron chi connectivity index (χ0n) is 18.2. The minimum atomic E-state index is -3.74. The zero-order valence-corrected chi connectivity index (χ0v) is 19.0. The summed E-state index contributed by atoms with van der Waals surface area (Å²) in [4.78, 5) is 24.5. The summed E-state index contributed by atoms with van der Waals surface area (Å²) in [5.41, 5.74) is 0.900. The number of ether oxygens (including phenoxy) is 1. The molecule has 172 valence electrons. The van der Waals surface area contributed by atoms with Gasteiger partial charge in [0, 0.05) is 38.1 Å². The van der Waals surface area contributed by atoms with Crippen molar-refractivity contribution in [3.63, 3.8) is 0 Å². The summed E-state index contributed by atoms with van der Waals surface area (Å²) in [5, 5.41) is 0. The highest BCUT2D eigenvalue weighted by Gasteiger charge is 2.26. The summed E-state index contributed by atoms with van der Waals surface area (Å²) in [6.45, 7) is 4.19. The smallest absolute Gasteiger partial charge is 0.263 e. The van der Waals surface area contributed by atoms with Crippen molar-refractivity contribution < 1.29 is 17.9 Å². The fourth-order valence-corrected chi connectivity index (χ4v) is 4.59. The van der Waals surface area contributed by atoms with E-state index in [0.29, 0.717) is 31.9 Å². The van der Waals surface area contributed by atoms with Crippen LogP contribution in [0, 0.1) is 0 Å². The fourth-order valence-electron chi connectivity index (χ4n) is 3.58. The van der Waals surface area contributed by atoms with E-state index in [-0.39, 0.29) is 16.6 Å². The Hall–Kier alpha value is -3.66. The first-order valence-electron chi connectivity index (χ1n) is 10.6. The lowest BCUT2D eigenvalue weighted by Crippen LogP contribution is -2.52. The third-order valence-corrected chi connectivity index (χ3v) is 6.70. The van der Waals surface area contributed by atoms with Crippen molar-refractivity contribution >= 4 is 27.4 Å². The molecule has 0 aliphatic carbocycles. The van der Waals surface area contributed by atoms with Crippen molar-refractivity contribution in [3.05, 3.63) is 73.2 Å². The van der Waals surface area contributed by atoms with E-state index in [1.165, 1.54) is 18.6 Å². The molecule has 0 bridgehead atoms. The molecule has 2 heterocycles. The van der Waals surface area contributed by atoms with Gasteiger partial charge in [0.25, 0.3) is 15.9 Å². The molecule has 1 aromatic heterocycles. The SMILES string of the molecule is CC(Oc1ccccc1)C(=O)N1CCN(c2ccc(S(=O)(=O)Nc3ccncn3)cc2)CC1. The Morgan fingerprint density at radius 2 is 1.70 bits per heavy atom. The van der Waals surface area contributed by atoms with Crippen LogP contribution in [-0.2, 0) is 14.8 Å². The van der Waals surface area contributed by atoms with Gasteiger partial charge in [-0.3, -0.25) is 9.52 Å². The normalized spacial score (nSPS) is 15.1. The number of para-hydroxylation sites is 1. The average Bonchev–Trinajstić information content (AvgIpc) is 2.85. The molecule has 1 atom stereocenters. The number of rotatable bonds is 7. The lowest BCUT2D eigenvalue weighted by molar-refractivity contribution is -0.138. The number of aromatic nitrogens is 2. The Bertz CT molecular complexity index is 1170. The molecule has 2 aromatic carbocycles. The van der Waals surface area contributed by atoms with Crippen molar-refractivity contribution in [3.8, 4) is 5.75 Å². The van der Waals surface area contributed by atoms with Gasteiger partial charge in [0.1, 0.15) is 17.9 Å². The van der Waals surface area contributed by atoms with Gasteiger partial charge in [-0.15, -0.1) is 0 Å². The molecule has 1 N–H and O–H groups in total. The standard InChI is InChI=1S/C23H25N5O4S/c1-18(32-20-5-3-2-4-6-20)23(29)28-15-13-27(14-16-28)19-7-9-21(10-8-19)33(30,31)26-22-11-12-24-17-25-22/h2-12,17-18H,13-16H2,1H3,(H,24,25,26). The second kappa shape index (κ2) is 9.86. The van der Waals surface area contributed by atoms with Crippen LogP contribution in [0.3, 0.4) is 0 Å². The monoisotopic (exact) mass is 467 g/mol. The first-order valence-corrected chi connectivity index (χ1v) is 12.0. The van der Waals surface area contributed by atoms with Crippen molar-refractivity contribution in [2.45, 2.75) is 17.9 Å². The van der Waals surface area contributed by atoms with Crippen LogP contribution in [0.2, 0.25) is 0 Å². The number of hydrogen-bond acceptors (Lipinski definition) is 7. The van der Waals surface area contributed by atoms with E-state index in [9.17, 15) is 13.2 Å². The molecule has 1 saturated heterocycles. The van der Waals surface area contributed by atoms with E-state index in [0.717, 1.165) is 5.69 Å². The van der Waals surface area contributed by atoms with Gasteiger partial charge in [-0.05, 0) is 49.4 Å². The second-order valence-electron chi connectivity index (χ2n) is 7.58. The van der Waals surface area contributed by atoms with E-state index in [1.54, 1.807) is 36.1 Å². The van der Waals surface area contributed by atoms with E-state index in [1.807, 2.05) is 30.3 Å². The molecule has 0 saturated carbocycles. The van der Waals surface area contributed by atoms with Gasteiger partial charge < -0.3 is 14.5 Å². The highest BCUT2D eigenvalue weighted by Crippen LogP contribution is 2.21. The minimum Gasteiger partial charge on any atom is -0.481 e. The van der Waals surface area contributed by atoms with Gasteiger partial charge in [-0.2, -0.15) is 0 Å². The van der Waals surface area contributed by atoms with Gasteiger partial charge in [-0.1, -0.05) is 18.2 Å². The predicted molar refractivity (Wildman–Crippen MR) is 125 cm³/mol. The highest BCUT2D eigenvalue weighted by atomic mass is 32.2. The number of nitrogens with one attached hydrogen (secondary N) is 1. The van der Waals surface area contributed by atoms with E-state index in [2.05, 4.69) is 19.6 Å². The van der Waals surface area contributed by atoms with Crippen LogP contribution in [0.15, 0.2) is 78.1 Å². The number of piperazine rings is 1. The summed E-state index contributed by atoms with van der Waals surface area (Å²) in [6.07, 6.45) is 2.18. The summed E-state index contributed by atoms with van der Waals surface area (Å²) < 4.78 is 33.3. The van der Waals surface area contributed by atoms with E-state index in [4.69, 9.17) is 4.74 Å². The van der Waals surface area contributed by atoms with E-state index >= 15 is 0 Å². The maximum Gasteiger partial charge on any atom is 0.263 e. The molecule has 4 rings (SSSR count). The van der Waals surface area contributed by atoms with Crippen molar-refractivity contribution in [1.29, 1.82) is 0 Å². The number of carbonyl (C=O) groups is 1. The molecule has 1 fully saturated rings. The Kier molecular flexibility index (Phi) is 6.74. The summed E-state index contributed by atoms with van der Waals surface area (Å²) in [7, 11) is -3.74. The van der Waals surface area contributed by atoms with Crippen molar-refractivity contribution in [1.82, 2.24) is 14.9 Å². The molecule has 1 aliphatic rings. The van der Waals surface area contributed by atoms with Gasteiger partial charge in [0.2, 0.25) is 0 Å². The van der Waals surface area contributed by atoms with Crippen LogP contribution in [0.25, 0.3) is 0 Å². The molecule has 0 radical (unpaired) electrons. The summed E-state index contributed by atoms with van der Waals surface area (Å²) in [6, 6.07) is 17.4. The van der Waals surface area contributed by atoms with Crippen LogP contribution >= 0.6 is 0 Å². The number of carbonyl (C=O) groups excluding carboxylic acids is 1. The first-order chi connectivity index (χ1) is 15.9. The molecule has 33 heavy (non-hydrogen) atoms. The third-order valence-electron chi connectivity index (χ3n) is 5.33. The first kappa shape index (κ1) is 22.5. The molecule has 9 nitrogen and oxygen atoms in total. The predicted octanol–water partition coefficient (Wildman–Crippen LogP) is 2.39. The number of hydrogen-bond donors (Lipinski definition) is 1. The molecular weight excluding hydrogens is 442 g/mol. The largest absolute Gasteiger partial charge is 0.481 e. The average molecular weight is 468 g/mol. The fraction of sp³-hybridized carbons (Fsp3) is 0.261. The summed E-state index contributed by atoms with van der Waals surface area (Å²) >= 11 is 0. The van der Waals surface area contributed by atoms with Crippen LogP contribution in [0.5, 0.6) is 5.75 Å². The number of benzene rings is 2.